The van der Waals surface area contributed by atoms with Gasteiger partial charge in [0, 0.05) is 36.5 Å². The van der Waals surface area contributed by atoms with Crippen molar-refractivity contribution >= 4 is 16.5 Å². The first-order valence-electron chi connectivity index (χ1n) is 11.3. The molecule has 162 valence electrons. The van der Waals surface area contributed by atoms with Crippen LogP contribution in [0.4, 0.5) is 4.39 Å². The molecule has 0 radical (unpaired) electrons. The molecular formula is C28H27FN2O. The van der Waals surface area contributed by atoms with Gasteiger partial charge in [0.05, 0.1) is 11.6 Å². The Hall–Kier alpha value is -3.24. The second-order valence-corrected chi connectivity index (χ2v) is 8.47. The first-order valence-corrected chi connectivity index (χ1v) is 11.3. The number of furan rings is 1. The van der Waals surface area contributed by atoms with E-state index in [9.17, 15) is 4.39 Å². The van der Waals surface area contributed by atoms with Gasteiger partial charge in [0.15, 0.2) is 0 Å². The quantitative estimate of drug-likeness (QED) is 0.339. The Labute approximate surface area is 188 Å². The van der Waals surface area contributed by atoms with Crippen molar-refractivity contribution in [1.82, 2.24) is 9.88 Å². The van der Waals surface area contributed by atoms with Crippen molar-refractivity contribution < 1.29 is 8.81 Å². The Morgan fingerprint density at radius 3 is 2.66 bits per heavy atom. The Balaban J connectivity index is 1.26. The van der Waals surface area contributed by atoms with Crippen molar-refractivity contribution in [2.45, 2.75) is 25.2 Å². The fraction of sp³-hybridized carbons (Fsp3) is 0.250. The fourth-order valence-corrected chi connectivity index (χ4v) is 4.65. The summed E-state index contributed by atoms with van der Waals surface area (Å²) >= 11 is 0. The molecule has 0 fully saturated rings. The average Bonchev–Trinajstić information content (AvgIpc) is 3.35. The van der Waals surface area contributed by atoms with Gasteiger partial charge in [-0.05, 0) is 67.3 Å². The van der Waals surface area contributed by atoms with Crippen LogP contribution in [0.3, 0.4) is 0 Å². The lowest BCUT2D eigenvalue weighted by atomic mass is 9.92. The Bertz CT molecular complexity index is 1200. The molecule has 1 aliphatic rings. The second kappa shape index (κ2) is 9.49. The molecule has 0 N–H and O–H groups in total. The van der Waals surface area contributed by atoms with Gasteiger partial charge in [-0.3, -0.25) is 9.88 Å². The number of hydrogen-bond acceptors (Lipinski definition) is 3. The van der Waals surface area contributed by atoms with E-state index in [1.54, 1.807) is 18.4 Å². The zero-order chi connectivity index (χ0) is 21.8. The Morgan fingerprint density at radius 1 is 1.00 bits per heavy atom. The largest absolute Gasteiger partial charge is 0.464 e. The third-order valence-electron chi connectivity index (χ3n) is 6.43. The number of rotatable bonds is 7. The normalized spacial score (nSPS) is 15.6. The molecule has 1 unspecified atom stereocenters. The van der Waals surface area contributed by atoms with Crippen LogP contribution in [0.15, 0.2) is 89.7 Å². The lowest BCUT2D eigenvalue weighted by Gasteiger charge is -2.28. The van der Waals surface area contributed by atoms with E-state index >= 15 is 0 Å². The monoisotopic (exact) mass is 426 g/mol. The summed E-state index contributed by atoms with van der Waals surface area (Å²) in [6.07, 6.45) is 8.73. The second-order valence-electron chi connectivity index (χ2n) is 8.47. The van der Waals surface area contributed by atoms with Crippen LogP contribution in [-0.4, -0.2) is 29.5 Å². The molecule has 3 heterocycles. The van der Waals surface area contributed by atoms with Crippen LogP contribution in [0.5, 0.6) is 0 Å². The van der Waals surface area contributed by atoms with Crippen molar-refractivity contribution in [3.63, 3.8) is 0 Å². The highest BCUT2D eigenvalue weighted by Crippen LogP contribution is 2.32. The highest BCUT2D eigenvalue weighted by Gasteiger charge is 2.20. The minimum Gasteiger partial charge on any atom is -0.464 e. The molecule has 2 aromatic carbocycles. The molecule has 0 saturated heterocycles. The summed E-state index contributed by atoms with van der Waals surface area (Å²) in [5, 5.41) is 0.560. The van der Waals surface area contributed by atoms with Crippen LogP contribution >= 0.6 is 0 Å². The molecule has 3 nitrogen and oxygen atoms in total. The van der Waals surface area contributed by atoms with Crippen LogP contribution in [-0.2, 0) is 6.42 Å². The smallest absolute Gasteiger partial charge is 0.144 e. The van der Waals surface area contributed by atoms with Gasteiger partial charge in [0.1, 0.15) is 11.4 Å². The summed E-state index contributed by atoms with van der Waals surface area (Å²) in [5.74, 6) is 0.165. The van der Waals surface area contributed by atoms with E-state index in [1.165, 1.54) is 11.1 Å². The molecule has 0 saturated carbocycles. The molecule has 0 spiro atoms. The zero-order valence-corrected chi connectivity index (χ0v) is 18.1. The lowest BCUT2D eigenvalue weighted by Crippen LogP contribution is -2.30. The van der Waals surface area contributed by atoms with Gasteiger partial charge in [0.25, 0.3) is 0 Å². The van der Waals surface area contributed by atoms with E-state index in [-0.39, 0.29) is 5.82 Å². The summed E-state index contributed by atoms with van der Waals surface area (Å²) in [7, 11) is 0. The van der Waals surface area contributed by atoms with Crippen LogP contribution < -0.4 is 0 Å². The standard InChI is InChI=1S/C28H27FN2O/c29-26-10-9-24(28-25(26)14-19-32-28)22-11-16-31(17-12-22)18-13-23(27-8-4-5-15-30-27)20-21-6-2-1-3-7-21/h1-11,14-15,19,23H,12-13,16-18,20H2. The number of hydrogen-bond donors (Lipinski definition) is 0. The number of nitrogens with zero attached hydrogens (tertiary/aromatic N) is 2. The number of benzene rings is 2. The summed E-state index contributed by atoms with van der Waals surface area (Å²) in [6.45, 7) is 2.91. The maximum absolute atomic E-state index is 14.0. The van der Waals surface area contributed by atoms with Crippen LogP contribution in [0.1, 0.15) is 35.6 Å². The van der Waals surface area contributed by atoms with Crippen molar-refractivity contribution in [2.24, 2.45) is 0 Å². The molecule has 0 aliphatic carbocycles. The van der Waals surface area contributed by atoms with E-state index in [0.717, 1.165) is 50.2 Å². The molecule has 1 atom stereocenters. The van der Waals surface area contributed by atoms with Gasteiger partial charge in [-0.25, -0.2) is 4.39 Å². The Morgan fingerprint density at radius 2 is 1.88 bits per heavy atom. The van der Waals surface area contributed by atoms with Gasteiger partial charge >= 0.3 is 0 Å². The first-order chi connectivity index (χ1) is 15.8. The molecule has 32 heavy (non-hydrogen) atoms. The van der Waals surface area contributed by atoms with E-state index in [4.69, 9.17) is 4.42 Å². The van der Waals surface area contributed by atoms with Crippen LogP contribution in [0.2, 0.25) is 0 Å². The minimum atomic E-state index is -0.227. The van der Waals surface area contributed by atoms with Gasteiger partial charge in [-0.1, -0.05) is 42.5 Å². The van der Waals surface area contributed by atoms with Crippen LogP contribution in [0, 0.1) is 5.82 Å². The molecule has 2 aromatic heterocycles. The Kier molecular flexibility index (Phi) is 6.13. The molecule has 4 heteroatoms. The molecule has 1 aliphatic heterocycles. The van der Waals surface area contributed by atoms with E-state index in [2.05, 4.69) is 58.4 Å². The zero-order valence-electron chi connectivity index (χ0n) is 18.1. The van der Waals surface area contributed by atoms with Crippen molar-refractivity contribution in [3.8, 4) is 0 Å². The first kappa shape index (κ1) is 20.7. The van der Waals surface area contributed by atoms with E-state index < -0.39 is 0 Å². The molecule has 0 bridgehead atoms. The van der Waals surface area contributed by atoms with Crippen molar-refractivity contribution in [1.29, 1.82) is 0 Å². The molecule has 4 aromatic rings. The van der Waals surface area contributed by atoms with Crippen molar-refractivity contribution in [3.05, 3.63) is 108 Å². The summed E-state index contributed by atoms with van der Waals surface area (Å²) in [5.41, 5.74) is 5.43. The summed E-state index contributed by atoms with van der Waals surface area (Å²) in [4.78, 5) is 7.14. The highest BCUT2D eigenvalue weighted by molar-refractivity contribution is 5.90. The predicted molar refractivity (Wildman–Crippen MR) is 127 cm³/mol. The number of aromatic nitrogens is 1. The number of fused-ring (bicyclic) bond motifs is 1. The maximum atomic E-state index is 14.0. The lowest BCUT2D eigenvalue weighted by molar-refractivity contribution is 0.287. The fourth-order valence-electron chi connectivity index (χ4n) is 4.65. The minimum absolute atomic E-state index is 0.227. The highest BCUT2D eigenvalue weighted by atomic mass is 19.1. The molecule has 0 amide bonds. The van der Waals surface area contributed by atoms with Gasteiger partial charge in [-0.2, -0.15) is 0 Å². The topological polar surface area (TPSA) is 29.3 Å². The SMILES string of the molecule is Fc1ccc(C2=CCN(CCC(Cc3ccccc3)c3ccccn3)CC2)c2occc12. The number of halogens is 1. The average molecular weight is 427 g/mol. The predicted octanol–water partition coefficient (Wildman–Crippen LogP) is 6.47. The van der Waals surface area contributed by atoms with Gasteiger partial charge in [-0.15, -0.1) is 0 Å². The molecule has 5 rings (SSSR count). The molecular weight excluding hydrogens is 399 g/mol. The van der Waals surface area contributed by atoms with Crippen LogP contribution in [0.25, 0.3) is 16.5 Å². The van der Waals surface area contributed by atoms with E-state index in [0.29, 0.717) is 16.9 Å². The maximum Gasteiger partial charge on any atom is 0.144 e. The van der Waals surface area contributed by atoms with Crippen molar-refractivity contribution in [2.75, 3.05) is 19.6 Å². The van der Waals surface area contributed by atoms with Gasteiger partial charge < -0.3 is 4.42 Å². The number of pyridine rings is 1. The third kappa shape index (κ3) is 4.51. The third-order valence-corrected chi connectivity index (χ3v) is 6.43. The summed E-state index contributed by atoms with van der Waals surface area (Å²) < 4.78 is 19.6. The van der Waals surface area contributed by atoms with E-state index in [1.807, 2.05) is 18.3 Å². The summed E-state index contributed by atoms with van der Waals surface area (Å²) in [6, 6.07) is 22.0. The van der Waals surface area contributed by atoms with Gasteiger partial charge in [0.2, 0.25) is 0 Å².